The van der Waals surface area contributed by atoms with Crippen LogP contribution in [0.25, 0.3) is 5.69 Å². The van der Waals surface area contributed by atoms with Crippen LogP contribution in [0.4, 0.5) is 0 Å². The van der Waals surface area contributed by atoms with E-state index in [0.29, 0.717) is 22.2 Å². The summed E-state index contributed by atoms with van der Waals surface area (Å²) in [6.45, 7) is 0. The third kappa shape index (κ3) is 2.12. The van der Waals surface area contributed by atoms with Crippen LogP contribution >= 0.6 is 11.6 Å². The van der Waals surface area contributed by atoms with E-state index in [0.717, 1.165) is 12.8 Å². The molecular formula is C13H12ClN3O3. The smallest absolute Gasteiger partial charge is 0.358 e. The van der Waals surface area contributed by atoms with Gasteiger partial charge in [-0.05, 0) is 31.0 Å². The van der Waals surface area contributed by atoms with Gasteiger partial charge in [-0.2, -0.15) is 0 Å². The highest BCUT2D eigenvalue weighted by Crippen LogP contribution is 2.42. The number of aromatic nitrogens is 3. The molecule has 0 spiro atoms. The highest BCUT2D eigenvalue weighted by Gasteiger charge is 2.34. The fraction of sp³-hybridized carbons (Fsp3) is 0.308. The van der Waals surface area contributed by atoms with Gasteiger partial charge < -0.3 is 9.84 Å². The summed E-state index contributed by atoms with van der Waals surface area (Å²) in [5, 5.41) is 17.3. The Morgan fingerprint density at radius 3 is 2.80 bits per heavy atom. The molecule has 6 nitrogen and oxygen atoms in total. The van der Waals surface area contributed by atoms with Crippen molar-refractivity contribution in [3.8, 4) is 11.4 Å². The quantitative estimate of drug-likeness (QED) is 0.937. The van der Waals surface area contributed by atoms with E-state index in [1.807, 2.05) is 0 Å². The van der Waals surface area contributed by atoms with Crippen LogP contribution in [0.2, 0.25) is 5.02 Å². The van der Waals surface area contributed by atoms with Crippen molar-refractivity contribution in [3.63, 3.8) is 0 Å². The first-order valence-electron chi connectivity index (χ1n) is 6.14. The van der Waals surface area contributed by atoms with Gasteiger partial charge in [0.15, 0.2) is 5.69 Å². The number of methoxy groups -OCH3 is 1. The van der Waals surface area contributed by atoms with Crippen LogP contribution in [0.15, 0.2) is 18.2 Å². The van der Waals surface area contributed by atoms with E-state index in [4.69, 9.17) is 16.3 Å². The SMILES string of the molecule is COc1ccc(-n2nnc(C(=O)O)c2C2CC2)cc1Cl. The largest absolute Gasteiger partial charge is 0.495 e. The van der Waals surface area contributed by atoms with E-state index in [9.17, 15) is 9.90 Å². The topological polar surface area (TPSA) is 77.2 Å². The second kappa shape index (κ2) is 4.79. The van der Waals surface area contributed by atoms with Gasteiger partial charge in [-0.1, -0.05) is 16.8 Å². The normalized spacial score (nSPS) is 14.3. The summed E-state index contributed by atoms with van der Waals surface area (Å²) in [6.07, 6.45) is 1.91. The Kier molecular flexibility index (Phi) is 3.10. The third-order valence-corrected chi connectivity index (χ3v) is 3.55. The Bertz CT molecular complexity index is 679. The van der Waals surface area contributed by atoms with Gasteiger partial charge in [-0.3, -0.25) is 0 Å². The predicted octanol–water partition coefficient (Wildman–Crippen LogP) is 2.50. The zero-order chi connectivity index (χ0) is 14.3. The molecule has 0 amide bonds. The molecule has 1 saturated carbocycles. The molecule has 20 heavy (non-hydrogen) atoms. The van der Waals surface area contributed by atoms with Crippen molar-refractivity contribution in [1.82, 2.24) is 15.0 Å². The maximum atomic E-state index is 11.2. The van der Waals surface area contributed by atoms with Crippen LogP contribution in [0.5, 0.6) is 5.75 Å². The van der Waals surface area contributed by atoms with E-state index >= 15 is 0 Å². The molecule has 1 aromatic heterocycles. The monoisotopic (exact) mass is 293 g/mol. The lowest BCUT2D eigenvalue weighted by atomic mass is 10.2. The number of carbonyl (C=O) groups is 1. The van der Waals surface area contributed by atoms with Crippen molar-refractivity contribution < 1.29 is 14.6 Å². The maximum absolute atomic E-state index is 11.2. The van der Waals surface area contributed by atoms with Crippen molar-refractivity contribution in [1.29, 1.82) is 0 Å². The summed E-state index contributed by atoms with van der Waals surface area (Å²) in [5.74, 6) is -0.295. The van der Waals surface area contributed by atoms with Crippen LogP contribution in [0.1, 0.15) is 34.9 Å². The Morgan fingerprint density at radius 2 is 2.25 bits per heavy atom. The molecule has 0 bridgehead atoms. The summed E-state index contributed by atoms with van der Waals surface area (Å²) < 4.78 is 6.65. The molecule has 1 aliphatic carbocycles. The summed E-state index contributed by atoms with van der Waals surface area (Å²) in [4.78, 5) is 11.2. The predicted molar refractivity (Wildman–Crippen MR) is 71.9 cm³/mol. The zero-order valence-electron chi connectivity index (χ0n) is 10.7. The number of nitrogens with zero attached hydrogens (tertiary/aromatic N) is 3. The molecule has 0 unspecified atom stereocenters. The number of aromatic carboxylic acids is 1. The van der Waals surface area contributed by atoms with E-state index in [1.165, 1.54) is 7.11 Å². The van der Waals surface area contributed by atoms with Gasteiger partial charge in [0, 0.05) is 5.92 Å². The number of rotatable bonds is 4. The molecule has 104 valence electrons. The van der Waals surface area contributed by atoms with Crippen molar-refractivity contribution in [2.45, 2.75) is 18.8 Å². The molecule has 1 aromatic carbocycles. The molecule has 0 aliphatic heterocycles. The summed E-state index contributed by atoms with van der Waals surface area (Å²) in [7, 11) is 1.54. The van der Waals surface area contributed by atoms with Crippen LogP contribution < -0.4 is 4.74 Å². The minimum Gasteiger partial charge on any atom is -0.495 e. The van der Waals surface area contributed by atoms with Crippen LogP contribution in [-0.2, 0) is 0 Å². The van der Waals surface area contributed by atoms with Crippen LogP contribution in [-0.4, -0.2) is 33.2 Å². The number of benzene rings is 1. The molecule has 2 aromatic rings. The minimum atomic E-state index is -1.06. The number of ether oxygens (including phenoxy) is 1. The van der Waals surface area contributed by atoms with Crippen molar-refractivity contribution >= 4 is 17.6 Å². The fourth-order valence-electron chi connectivity index (χ4n) is 2.14. The first kappa shape index (κ1) is 12.9. The summed E-state index contributed by atoms with van der Waals surface area (Å²) in [5.41, 5.74) is 1.33. The maximum Gasteiger partial charge on any atom is 0.358 e. The summed E-state index contributed by atoms with van der Waals surface area (Å²) in [6, 6.07) is 5.18. The Morgan fingerprint density at radius 1 is 1.50 bits per heavy atom. The third-order valence-electron chi connectivity index (χ3n) is 3.25. The van der Waals surface area contributed by atoms with Crippen molar-refractivity contribution in [2.75, 3.05) is 7.11 Å². The van der Waals surface area contributed by atoms with Crippen molar-refractivity contribution in [3.05, 3.63) is 34.6 Å². The van der Waals surface area contributed by atoms with E-state index in [1.54, 1.807) is 22.9 Å². The Labute approximate surface area is 119 Å². The number of halogens is 1. The molecule has 0 saturated heterocycles. The highest BCUT2D eigenvalue weighted by molar-refractivity contribution is 6.32. The van der Waals surface area contributed by atoms with Gasteiger partial charge in [0.2, 0.25) is 0 Å². The second-order valence-corrected chi connectivity index (χ2v) is 5.04. The molecule has 7 heteroatoms. The molecule has 3 rings (SSSR count). The van der Waals surface area contributed by atoms with E-state index in [-0.39, 0.29) is 11.6 Å². The number of carboxylic acids is 1. The highest BCUT2D eigenvalue weighted by atomic mass is 35.5. The number of hydrogen-bond donors (Lipinski definition) is 1. The minimum absolute atomic E-state index is 0.0134. The fourth-order valence-corrected chi connectivity index (χ4v) is 2.39. The summed E-state index contributed by atoms with van der Waals surface area (Å²) >= 11 is 6.09. The molecular weight excluding hydrogens is 282 g/mol. The molecule has 1 aliphatic rings. The Balaban J connectivity index is 2.10. The molecule has 0 radical (unpaired) electrons. The van der Waals surface area contributed by atoms with E-state index < -0.39 is 5.97 Å². The molecule has 1 N–H and O–H groups in total. The van der Waals surface area contributed by atoms with Gasteiger partial charge in [-0.15, -0.1) is 5.10 Å². The first-order valence-corrected chi connectivity index (χ1v) is 6.52. The second-order valence-electron chi connectivity index (χ2n) is 4.63. The standard InChI is InChI=1S/C13H12ClN3O3/c1-20-10-5-4-8(6-9(10)14)17-12(7-2-3-7)11(13(18)19)15-16-17/h4-7H,2-3H2,1H3,(H,18,19). The van der Waals surface area contributed by atoms with Gasteiger partial charge >= 0.3 is 5.97 Å². The average Bonchev–Trinajstić information content (AvgIpc) is 3.16. The van der Waals surface area contributed by atoms with Crippen molar-refractivity contribution in [2.24, 2.45) is 0 Å². The lowest BCUT2D eigenvalue weighted by Gasteiger charge is -2.08. The Hall–Kier alpha value is -2.08. The van der Waals surface area contributed by atoms with E-state index in [2.05, 4.69) is 10.3 Å². The lowest BCUT2D eigenvalue weighted by Crippen LogP contribution is -2.06. The van der Waals surface area contributed by atoms with Gasteiger partial charge in [0.25, 0.3) is 0 Å². The van der Waals surface area contributed by atoms with Gasteiger partial charge in [-0.25, -0.2) is 9.48 Å². The molecule has 1 fully saturated rings. The number of carboxylic acid groups (broad SMARTS) is 1. The average molecular weight is 294 g/mol. The first-order chi connectivity index (χ1) is 9.61. The lowest BCUT2D eigenvalue weighted by molar-refractivity contribution is 0.0689. The molecule has 0 atom stereocenters. The molecule has 1 heterocycles. The number of hydrogen-bond acceptors (Lipinski definition) is 4. The van der Waals surface area contributed by atoms with Crippen LogP contribution in [0, 0.1) is 0 Å². The van der Waals surface area contributed by atoms with Crippen LogP contribution in [0.3, 0.4) is 0 Å². The van der Waals surface area contributed by atoms with Gasteiger partial charge in [0.1, 0.15) is 5.75 Å². The zero-order valence-corrected chi connectivity index (χ0v) is 11.5. The van der Waals surface area contributed by atoms with Gasteiger partial charge in [0.05, 0.1) is 23.5 Å².